The van der Waals surface area contributed by atoms with Crippen molar-refractivity contribution in [3.8, 4) is 0 Å². The fourth-order valence-electron chi connectivity index (χ4n) is 1.16. The Labute approximate surface area is 89.8 Å². The van der Waals surface area contributed by atoms with Crippen LogP contribution in [-0.2, 0) is 5.75 Å². The lowest BCUT2D eigenvalue weighted by molar-refractivity contribution is 0.289. The Bertz CT molecular complexity index is 278. The maximum absolute atomic E-state index is 8.76. The molecule has 1 aromatic rings. The van der Waals surface area contributed by atoms with Gasteiger partial charge in [0.2, 0.25) is 0 Å². The summed E-state index contributed by atoms with van der Waals surface area (Å²) in [6, 6.07) is 4.04. The summed E-state index contributed by atoms with van der Waals surface area (Å²) < 4.78 is 0. The van der Waals surface area contributed by atoms with Crippen LogP contribution in [-0.4, -0.2) is 21.9 Å². The van der Waals surface area contributed by atoms with Crippen LogP contribution < -0.4 is 0 Å². The third kappa shape index (κ3) is 3.68. The SMILES string of the molecule is Cc1cccnc1CSC(C)CCO. The van der Waals surface area contributed by atoms with Crippen molar-refractivity contribution in [2.24, 2.45) is 0 Å². The average molecular weight is 211 g/mol. The Balaban J connectivity index is 2.41. The van der Waals surface area contributed by atoms with Crippen molar-refractivity contribution in [3.63, 3.8) is 0 Å². The van der Waals surface area contributed by atoms with Gasteiger partial charge < -0.3 is 5.11 Å². The molecule has 0 spiro atoms. The predicted octanol–water partition coefficient (Wildman–Crippen LogP) is 2.39. The molecule has 1 unspecified atom stereocenters. The van der Waals surface area contributed by atoms with Crippen LogP contribution in [0.1, 0.15) is 24.6 Å². The van der Waals surface area contributed by atoms with Gasteiger partial charge in [-0.05, 0) is 25.0 Å². The number of hydrogen-bond acceptors (Lipinski definition) is 3. The summed E-state index contributed by atoms with van der Waals surface area (Å²) in [5, 5.41) is 9.26. The Morgan fingerprint density at radius 1 is 1.57 bits per heavy atom. The molecule has 78 valence electrons. The molecule has 0 saturated heterocycles. The van der Waals surface area contributed by atoms with Crippen LogP contribution in [0.15, 0.2) is 18.3 Å². The summed E-state index contributed by atoms with van der Waals surface area (Å²) in [6.07, 6.45) is 2.69. The van der Waals surface area contributed by atoms with Crippen molar-refractivity contribution in [2.45, 2.75) is 31.3 Å². The minimum absolute atomic E-state index is 0.273. The molecule has 1 heterocycles. The van der Waals surface area contributed by atoms with Crippen LogP contribution in [0.3, 0.4) is 0 Å². The van der Waals surface area contributed by atoms with E-state index in [0.717, 1.165) is 17.9 Å². The molecule has 1 rings (SSSR count). The first-order valence-corrected chi connectivity index (χ1v) is 5.92. The summed E-state index contributed by atoms with van der Waals surface area (Å²) in [7, 11) is 0. The van der Waals surface area contributed by atoms with Crippen LogP contribution in [0.2, 0.25) is 0 Å². The Kier molecular flexibility index (Phi) is 4.98. The van der Waals surface area contributed by atoms with E-state index in [1.807, 2.05) is 24.0 Å². The molecule has 1 aromatic heterocycles. The van der Waals surface area contributed by atoms with Crippen molar-refractivity contribution in [1.82, 2.24) is 4.98 Å². The van der Waals surface area contributed by atoms with Gasteiger partial charge >= 0.3 is 0 Å². The summed E-state index contributed by atoms with van der Waals surface area (Å²) in [5.74, 6) is 0.938. The van der Waals surface area contributed by atoms with Gasteiger partial charge in [-0.2, -0.15) is 11.8 Å². The average Bonchev–Trinajstić information content (AvgIpc) is 2.17. The first kappa shape index (κ1) is 11.5. The molecule has 1 N–H and O–H groups in total. The molecule has 14 heavy (non-hydrogen) atoms. The maximum Gasteiger partial charge on any atom is 0.0531 e. The van der Waals surface area contributed by atoms with Gasteiger partial charge in [-0.3, -0.25) is 4.98 Å². The summed E-state index contributed by atoms with van der Waals surface area (Å²) in [6.45, 7) is 4.49. The molecule has 2 nitrogen and oxygen atoms in total. The number of aliphatic hydroxyl groups excluding tert-OH is 1. The van der Waals surface area contributed by atoms with Crippen LogP contribution in [0, 0.1) is 6.92 Å². The molecular formula is C11H17NOS. The smallest absolute Gasteiger partial charge is 0.0531 e. The minimum atomic E-state index is 0.273. The summed E-state index contributed by atoms with van der Waals surface area (Å²) in [5.41, 5.74) is 2.40. The number of aromatic nitrogens is 1. The molecular weight excluding hydrogens is 194 g/mol. The fraction of sp³-hybridized carbons (Fsp3) is 0.545. The van der Waals surface area contributed by atoms with Gasteiger partial charge in [0.15, 0.2) is 0 Å². The first-order chi connectivity index (χ1) is 6.74. The zero-order chi connectivity index (χ0) is 10.4. The zero-order valence-corrected chi connectivity index (χ0v) is 9.55. The summed E-state index contributed by atoms with van der Waals surface area (Å²) in [4.78, 5) is 4.33. The molecule has 0 bridgehead atoms. The summed E-state index contributed by atoms with van der Waals surface area (Å²) >= 11 is 1.85. The molecule has 0 aliphatic rings. The third-order valence-corrected chi connectivity index (χ3v) is 3.40. The number of aryl methyl sites for hydroxylation is 1. The van der Waals surface area contributed by atoms with E-state index in [1.54, 1.807) is 0 Å². The molecule has 0 saturated carbocycles. The third-order valence-electron chi connectivity index (χ3n) is 2.16. The van der Waals surface area contributed by atoms with E-state index < -0.39 is 0 Å². The highest BCUT2D eigenvalue weighted by Gasteiger charge is 2.04. The van der Waals surface area contributed by atoms with Gasteiger partial charge in [-0.25, -0.2) is 0 Å². The minimum Gasteiger partial charge on any atom is -0.396 e. The van der Waals surface area contributed by atoms with Crippen molar-refractivity contribution in [1.29, 1.82) is 0 Å². The maximum atomic E-state index is 8.76. The number of thioether (sulfide) groups is 1. The van der Waals surface area contributed by atoms with Crippen molar-refractivity contribution in [2.75, 3.05) is 6.61 Å². The molecule has 0 aromatic carbocycles. The second-order valence-corrected chi connectivity index (χ2v) is 4.83. The highest BCUT2D eigenvalue weighted by molar-refractivity contribution is 7.99. The van der Waals surface area contributed by atoms with Gasteiger partial charge in [0.1, 0.15) is 0 Å². The van der Waals surface area contributed by atoms with Crippen LogP contribution in [0.4, 0.5) is 0 Å². The Morgan fingerprint density at radius 2 is 2.36 bits per heavy atom. The van der Waals surface area contributed by atoms with Crippen molar-refractivity contribution in [3.05, 3.63) is 29.6 Å². The van der Waals surface area contributed by atoms with Crippen LogP contribution >= 0.6 is 11.8 Å². The Morgan fingerprint density at radius 3 is 3.00 bits per heavy atom. The molecule has 0 aliphatic carbocycles. The lowest BCUT2D eigenvalue weighted by Gasteiger charge is -2.09. The van der Waals surface area contributed by atoms with Gasteiger partial charge in [-0.1, -0.05) is 13.0 Å². The first-order valence-electron chi connectivity index (χ1n) is 4.87. The number of pyridine rings is 1. The molecule has 0 fully saturated rings. The molecule has 0 radical (unpaired) electrons. The quantitative estimate of drug-likeness (QED) is 0.812. The molecule has 3 heteroatoms. The number of aliphatic hydroxyl groups is 1. The van der Waals surface area contributed by atoms with E-state index in [0.29, 0.717) is 5.25 Å². The van der Waals surface area contributed by atoms with E-state index >= 15 is 0 Å². The highest BCUT2D eigenvalue weighted by atomic mass is 32.2. The standard InChI is InChI=1S/C11H17NOS/c1-9-4-3-6-12-11(9)8-14-10(2)5-7-13/h3-4,6,10,13H,5,7-8H2,1-2H3. The van der Waals surface area contributed by atoms with E-state index in [2.05, 4.69) is 24.9 Å². The molecule has 1 atom stereocenters. The fourth-order valence-corrected chi connectivity index (χ4v) is 2.17. The lowest BCUT2D eigenvalue weighted by Crippen LogP contribution is -2.01. The molecule has 0 amide bonds. The Hall–Kier alpha value is -0.540. The number of hydrogen-bond donors (Lipinski definition) is 1. The highest BCUT2D eigenvalue weighted by Crippen LogP contribution is 2.20. The number of rotatable bonds is 5. The van der Waals surface area contributed by atoms with E-state index in [1.165, 1.54) is 5.56 Å². The van der Waals surface area contributed by atoms with Gasteiger partial charge in [0.05, 0.1) is 5.69 Å². The van der Waals surface area contributed by atoms with E-state index in [4.69, 9.17) is 5.11 Å². The second-order valence-electron chi connectivity index (χ2n) is 3.40. The van der Waals surface area contributed by atoms with Crippen LogP contribution in [0.5, 0.6) is 0 Å². The molecule has 0 aliphatic heterocycles. The zero-order valence-electron chi connectivity index (χ0n) is 8.73. The van der Waals surface area contributed by atoms with Crippen LogP contribution in [0.25, 0.3) is 0 Å². The van der Waals surface area contributed by atoms with Gasteiger partial charge in [0.25, 0.3) is 0 Å². The number of nitrogens with zero attached hydrogens (tertiary/aromatic N) is 1. The van der Waals surface area contributed by atoms with Crippen molar-refractivity contribution >= 4 is 11.8 Å². The topological polar surface area (TPSA) is 33.1 Å². The van der Waals surface area contributed by atoms with Gasteiger partial charge in [0, 0.05) is 23.8 Å². The predicted molar refractivity (Wildman–Crippen MR) is 61.4 cm³/mol. The lowest BCUT2D eigenvalue weighted by atomic mass is 10.2. The van der Waals surface area contributed by atoms with E-state index in [9.17, 15) is 0 Å². The largest absolute Gasteiger partial charge is 0.396 e. The normalized spacial score (nSPS) is 12.8. The van der Waals surface area contributed by atoms with E-state index in [-0.39, 0.29) is 6.61 Å². The van der Waals surface area contributed by atoms with Gasteiger partial charge in [-0.15, -0.1) is 0 Å². The second kappa shape index (κ2) is 6.04. The van der Waals surface area contributed by atoms with Crippen molar-refractivity contribution < 1.29 is 5.11 Å². The monoisotopic (exact) mass is 211 g/mol.